The summed E-state index contributed by atoms with van der Waals surface area (Å²) < 4.78 is 12.5. The summed E-state index contributed by atoms with van der Waals surface area (Å²) in [6, 6.07) is 3.77. The molecule has 5 heteroatoms. The third-order valence-electron chi connectivity index (χ3n) is 3.63. The molecule has 1 aliphatic rings. The minimum Gasteiger partial charge on any atom is -0.453 e. The molecule has 2 unspecified atom stereocenters. The molecule has 1 fully saturated rings. The number of hydrazine groups is 1. The summed E-state index contributed by atoms with van der Waals surface area (Å²) in [5.74, 6) is 6.82. The number of hydrogen-bond donors (Lipinski definition) is 2. The minimum absolute atomic E-state index is 0.0481. The van der Waals surface area contributed by atoms with E-state index < -0.39 is 0 Å². The molecule has 2 heterocycles. The smallest absolute Gasteiger partial charge is 0.169 e. The molecule has 2 rings (SSSR count). The quantitative estimate of drug-likeness (QED) is 0.664. The highest BCUT2D eigenvalue weighted by Gasteiger charge is 2.49. The Hall–Kier alpha value is -0.360. The van der Waals surface area contributed by atoms with Gasteiger partial charge in [-0.15, -0.1) is 0 Å². The Kier molecular flexibility index (Phi) is 3.62. The number of hydrogen-bond acceptors (Lipinski definition) is 4. The molecule has 0 saturated carbocycles. The topological polar surface area (TPSA) is 60.4 Å². The van der Waals surface area contributed by atoms with Crippen LogP contribution in [-0.2, 0) is 4.74 Å². The predicted octanol–water partition coefficient (Wildman–Crippen LogP) is 3.14. The van der Waals surface area contributed by atoms with Gasteiger partial charge in [-0.05, 0) is 62.2 Å². The predicted molar refractivity (Wildman–Crippen MR) is 73.8 cm³/mol. The summed E-state index contributed by atoms with van der Waals surface area (Å²) in [4.78, 5) is 0. The lowest BCUT2D eigenvalue weighted by molar-refractivity contribution is -0.0785. The first kappa shape index (κ1) is 14.1. The van der Waals surface area contributed by atoms with Crippen LogP contribution in [0.3, 0.4) is 0 Å². The fourth-order valence-corrected chi connectivity index (χ4v) is 3.34. The highest BCUT2D eigenvalue weighted by Crippen LogP contribution is 2.47. The van der Waals surface area contributed by atoms with Gasteiger partial charge in [0.05, 0.1) is 17.2 Å². The maximum Gasteiger partial charge on any atom is 0.169 e. The Bertz CT molecular complexity index is 428. The SMILES string of the molecule is CC1(C)CC(C(NN)c2ccc(Br)o2)C(C)(C)O1. The molecule has 1 aromatic rings. The number of furan rings is 1. The van der Waals surface area contributed by atoms with Gasteiger partial charge in [0.2, 0.25) is 0 Å². The van der Waals surface area contributed by atoms with Gasteiger partial charge in [-0.25, -0.2) is 5.43 Å². The van der Waals surface area contributed by atoms with E-state index in [0.717, 1.165) is 12.2 Å². The Balaban J connectivity index is 2.28. The summed E-state index contributed by atoms with van der Waals surface area (Å²) in [7, 11) is 0. The molecule has 0 bridgehead atoms. The summed E-state index contributed by atoms with van der Waals surface area (Å²) in [6.07, 6.45) is 0.938. The lowest BCUT2D eigenvalue weighted by Crippen LogP contribution is -2.41. The molecule has 0 aromatic carbocycles. The molecule has 0 spiro atoms. The van der Waals surface area contributed by atoms with Crippen molar-refractivity contribution in [3.8, 4) is 0 Å². The van der Waals surface area contributed by atoms with Crippen molar-refractivity contribution in [1.29, 1.82) is 0 Å². The molecule has 4 nitrogen and oxygen atoms in total. The number of nitrogens with two attached hydrogens (primary N) is 1. The van der Waals surface area contributed by atoms with Crippen LogP contribution >= 0.6 is 15.9 Å². The lowest BCUT2D eigenvalue weighted by Gasteiger charge is -2.31. The van der Waals surface area contributed by atoms with Crippen LogP contribution < -0.4 is 11.3 Å². The first-order chi connectivity index (χ1) is 8.25. The second kappa shape index (κ2) is 4.63. The second-order valence-corrected chi connectivity index (χ2v) is 6.84. The number of ether oxygens (including phenoxy) is 1. The summed E-state index contributed by atoms with van der Waals surface area (Å²) in [5.41, 5.74) is 2.50. The minimum atomic E-state index is -0.236. The van der Waals surface area contributed by atoms with Crippen molar-refractivity contribution in [2.75, 3.05) is 0 Å². The van der Waals surface area contributed by atoms with E-state index in [1.54, 1.807) is 0 Å². The van der Waals surface area contributed by atoms with Gasteiger partial charge in [0, 0.05) is 5.92 Å². The molecular formula is C13H21BrN2O2. The zero-order valence-corrected chi connectivity index (χ0v) is 12.9. The molecule has 0 aliphatic carbocycles. The van der Waals surface area contributed by atoms with E-state index in [9.17, 15) is 0 Å². The highest BCUT2D eigenvalue weighted by molar-refractivity contribution is 9.10. The van der Waals surface area contributed by atoms with Crippen molar-refractivity contribution in [1.82, 2.24) is 5.43 Å². The van der Waals surface area contributed by atoms with Crippen molar-refractivity contribution < 1.29 is 9.15 Å². The molecule has 1 saturated heterocycles. The van der Waals surface area contributed by atoms with Gasteiger partial charge in [0.15, 0.2) is 4.67 Å². The summed E-state index contributed by atoms with van der Waals surface area (Å²) in [6.45, 7) is 8.43. The van der Waals surface area contributed by atoms with Crippen LogP contribution in [-0.4, -0.2) is 11.2 Å². The molecule has 0 radical (unpaired) electrons. The summed E-state index contributed by atoms with van der Waals surface area (Å²) >= 11 is 3.32. The normalized spacial score (nSPS) is 27.3. The van der Waals surface area contributed by atoms with E-state index in [1.165, 1.54) is 0 Å². The van der Waals surface area contributed by atoms with Gasteiger partial charge in [-0.2, -0.15) is 0 Å². The fourth-order valence-electron chi connectivity index (χ4n) is 3.02. The third kappa shape index (κ3) is 2.64. The van der Waals surface area contributed by atoms with E-state index >= 15 is 0 Å². The molecule has 1 aliphatic heterocycles. The number of rotatable bonds is 3. The zero-order valence-electron chi connectivity index (χ0n) is 11.3. The Morgan fingerprint density at radius 1 is 1.39 bits per heavy atom. The monoisotopic (exact) mass is 316 g/mol. The lowest BCUT2D eigenvalue weighted by atomic mass is 9.81. The molecule has 18 heavy (non-hydrogen) atoms. The largest absolute Gasteiger partial charge is 0.453 e. The average Bonchev–Trinajstić information content (AvgIpc) is 2.70. The van der Waals surface area contributed by atoms with Gasteiger partial charge in [0.1, 0.15) is 5.76 Å². The number of nitrogens with one attached hydrogen (secondary N) is 1. The van der Waals surface area contributed by atoms with Crippen LogP contribution in [0.5, 0.6) is 0 Å². The Labute approximate surface area is 116 Å². The van der Waals surface area contributed by atoms with Crippen LogP contribution in [0, 0.1) is 5.92 Å². The van der Waals surface area contributed by atoms with E-state index in [4.69, 9.17) is 15.0 Å². The highest BCUT2D eigenvalue weighted by atomic mass is 79.9. The number of halogens is 1. The van der Waals surface area contributed by atoms with Crippen LogP contribution in [0.25, 0.3) is 0 Å². The van der Waals surface area contributed by atoms with Crippen molar-refractivity contribution in [2.45, 2.75) is 51.4 Å². The standard InChI is InChI=1S/C13H21BrN2O2/c1-12(2)7-8(13(3,4)18-12)11(16-15)9-5-6-10(14)17-9/h5-6,8,11,16H,7,15H2,1-4H3. The molecule has 3 N–H and O–H groups in total. The second-order valence-electron chi connectivity index (χ2n) is 6.06. The molecule has 2 atom stereocenters. The average molecular weight is 317 g/mol. The Morgan fingerprint density at radius 2 is 2.06 bits per heavy atom. The van der Waals surface area contributed by atoms with Gasteiger partial charge in [0.25, 0.3) is 0 Å². The maximum absolute atomic E-state index is 6.11. The maximum atomic E-state index is 6.11. The van der Waals surface area contributed by atoms with Gasteiger partial charge in [-0.1, -0.05) is 0 Å². The van der Waals surface area contributed by atoms with Gasteiger partial charge >= 0.3 is 0 Å². The van der Waals surface area contributed by atoms with E-state index in [-0.39, 0.29) is 23.2 Å². The van der Waals surface area contributed by atoms with Gasteiger partial charge in [-0.3, -0.25) is 5.84 Å². The zero-order chi connectivity index (χ0) is 13.6. The van der Waals surface area contributed by atoms with Crippen LogP contribution in [0.1, 0.15) is 45.9 Å². The molecular weight excluding hydrogens is 296 g/mol. The first-order valence-corrected chi connectivity index (χ1v) is 6.96. The molecule has 0 amide bonds. The van der Waals surface area contributed by atoms with Gasteiger partial charge < -0.3 is 9.15 Å². The van der Waals surface area contributed by atoms with Crippen molar-refractivity contribution in [3.63, 3.8) is 0 Å². The van der Waals surface area contributed by atoms with E-state index in [2.05, 4.69) is 49.1 Å². The molecule has 102 valence electrons. The third-order valence-corrected chi connectivity index (χ3v) is 4.05. The van der Waals surface area contributed by atoms with Crippen LogP contribution in [0.4, 0.5) is 0 Å². The summed E-state index contributed by atoms with van der Waals surface area (Å²) in [5, 5.41) is 0. The van der Waals surface area contributed by atoms with Crippen molar-refractivity contribution >= 4 is 15.9 Å². The molecule has 1 aromatic heterocycles. The first-order valence-electron chi connectivity index (χ1n) is 6.17. The van der Waals surface area contributed by atoms with Crippen LogP contribution in [0.15, 0.2) is 21.2 Å². The van der Waals surface area contributed by atoms with E-state index in [1.807, 2.05) is 12.1 Å². The fraction of sp³-hybridized carbons (Fsp3) is 0.692. The van der Waals surface area contributed by atoms with Crippen LogP contribution in [0.2, 0.25) is 0 Å². The van der Waals surface area contributed by atoms with Crippen molar-refractivity contribution in [3.05, 3.63) is 22.6 Å². The van der Waals surface area contributed by atoms with E-state index in [0.29, 0.717) is 4.67 Å². The Morgan fingerprint density at radius 3 is 2.44 bits per heavy atom. The van der Waals surface area contributed by atoms with Crippen molar-refractivity contribution in [2.24, 2.45) is 11.8 Å².